The van der Waals surface area contributed by atoms with Gasteiger partial charge in [-0.05, 0) is 66.5 Å². The zero-order valence-corrected chi connectivity index (χ0v) is 20.0. The van der Waals surface area contributed by atoms with Crippen LogP contribution in [0.1, 0.15) is 61.5 Å². The Morgan fingerprint density at radius 2 is 2.08 bits per heavy atom. The molecule has 0 saturated carbocycles. The molecule has 26 heavy (non-hydrogen) atoms. The van der Waals surface area contributed by atoms with Gasteiger partial charge in [0.1, 0.15) is 0 Å². The Bertz CT molecular complexity index is 546. The Labute approximate surface area is 180 Å². The van der Waals surface area contributed by atoms with E-state index >= 15 is 0 Å². The van der Waals surface area contributed by atoms with Crippen molar-refractivity contribution in [3.8, 4) is 0 Å². The first-order valence-corrected chi connectivity index (χ1v) is 10.6. The van der Waals surface area contributed by atoms with E-state index in [1.165, 1.54) is 50.1 Å². The third kappa shape index (κ3) is 8.08. The number of thiazole rings is 1. The van der Waals surface area contributed by atoms with Gasteiger partial charge in [-0.2, -0.15) is 0 Å². The third-order valence-electron chi connectivity index (χ3n) is 4.83. The number of hydrogen-bond donors (Lipinski definition) is 2. The lowest BCUT2D eigenvalue weighted by atomic mass is 10.0. The van der Waals surface area contributed by atoms with E-state index in [9.17, 15) is 0 Å². The molecular formula is C19H36IN5S. The van der Waals surface area contributed by atoms with Crippen LogP contribution in [0.2, 0.25) is 0 Å². The number of hydrogen-bond acceptors (Lipinski definition) is 4. The van der Waals surface area contributed by atoms with Crippen LogP contribution in [0, 0.1) is 13.8 Å². The summed E-state index contributed by atoms with van der Waals surface area (Å²) >= 11 is 1.74. The number of guanidine groups is 1. The van der Waals surface area contributed by atoms with Crippen LogP contribution in [0.3, 0.4) is 0 Å². The van der Waals surface area contributed by atoms with Crippen LogP contribution in [0.4, 0.5) is 0 Å². The average Bonchev–Trinajstić information content (AvgIpc) is 2.91. The van der Waals surface area contributed by atoms with E-state index in [1.807, 2.05) is 0 Å². The molecule has 1 saturated heterocycles. The summed E-state index contributed by atoms with van der Waals surface area (Å²) in [6, 6.07) is 0.770. The zero-order chi connectivity index (χ0) is 18.1. The number of nitrogens with zero attached hydrogens (tertiary/aromatic N) is 3. The molecule has 0 spiro atoms. The minimum atomic E-state index is 0. The van der Waals surface area contributed by atoms with Crippen LogP contribution in [-0.2, 0) is 6.54 Å². The van der Waals surface area contributed by atoms with Crippen molar-refractivity contribution in [3.63, 3.8) is 0 Å². The Morgan fingerprint density at radius 1 is 1.27 bits per heavy atom. The highest BCUT2D eigenvalue weighted by Crippen LogP contribution is 2.18. The predicted molar refractivity (Wildman–Crippen MR) is 124 cm³/mol. The Kier molecular flexibility index (Phi) is 11.7. The highest BCUT2D eigenvalue weighted by molar-refractivity contribution is 14.0. The predicted octanol–water partition coefficient (Wildman–Crippen LogP) is 4.09. The summed E-state index contributed by atoms with van der Waals surface area (Å²) in [5, 5.41) is 7.93. The van der Waals surface area contributed by atoms with Gasteiger partial charge >= 0.3 is 0 Å². The van der Waals surface area contributed by atoms with E-state index < -0.39 is 0 Å². The van der Waals surface area contributed by atoms with E-state index in [2.05, 4.69) is 48.2 Å². The van der Waals surface area contributed by atoms with Gasteiger partial charge < -0.3 is 15.5 Å². The number of aliphatic imine (C=N–C) groups is 1. The SMILES string of the molecule is CCNC(=NCc1sc(C)nc1C)NCCCCN1CCCCC1C.I. The first-order chi connectivity index (χ1) is 12.1. The maximum Gasteiger partial charge on any atom is 0.191 e. The van der Waals surface area contributed by atoms with Crippen molar-refractivity contribution in [1.29, 1.82) is 0 Å². The van der Waals surface area contributed by atoms with Gasteiger partial charge in [0.15, 0.2) is 5.96 Å². The molecule has 1 aromatic rings. The van der Waals surface area contributed by atoms with Crippen LogP contribution in [0.25, 0.3) is 0 Å². The zero-order valence-electron chi connectivity index (χ0n) is 16.8. The Morgan fingerprint density at radius 3 is 2.73 bits per heavy atom. The van der Waals surface area contributed by atoms with Crippen molar-refractivity contribution in [2.24, 2.45) is 4.99 Å². The van der Waals surface area contributed by atoms with Gasteiger partial charge in [-0.25, -0.2) is 9.98 Å². The van der Waals surface area contributed by atoms with Crippen LogP contribution >= 0.6 is 35.3 Å². The standard InChI is InChI=1S/C19H35N5S.HI/c1-5-20-19(22-14-18-16(3)23-17(4)25-18)21-11-7-9-13-24-12-8-6-10-15(24)2;/h15H,5-14H2,1-4H3,(H2,20,21,22);1H. The topological polar surface area (TPSA) is 52.6 Å². The number of nitrogens with one attached hydrogen (secondary N) is 2. The maximum absolute atomic E-state index is 4.71. The minimum absolute atomic E-state index is 0. The lowest BCUT2D eigenvalue weighted by molar-refractivity contribution is 0.158. The summed E-state index contributed by atoms with van der Waals surface area (Å²) in [6.07, 6.45) is 6.58. The molecule has 0 amide bonds. The second kappa shape index (κ2) is 12.9. The number of halogens is 1. The molecular weight excluding hydrogens is 457 g/mol. The monoisotopic (exact) mass is 493 g/mol. The number of likely N-dealkylation sites (tertiary alicyclic amines) is 1. The molecule has 1 atom stereocenters. The number of rotatable bonds is 8. The molecule has 0 bridgehead atoms. The van der Waals surface area contributed by atoms with Crippen molar-refractivity contribution >= 4 is 41.3 Å². The van der Waals surface area contributed by atoms with E-state index in [1.54, 1.807) is 11.3 Å². The fraction of sp³-hybridized carbons (Fsp3) is 0.789. The van der Waals surface area contributed by atoms with Crippen molar-refractivity contribution in [2.45, 2.75) is 72.4 Å². The molecule has 2 heterocycles. The second-order valence-electron chi connectivity index (χ2n) is 6.95. The lowest BCUT2D eigenvalue weighted by Gasteiger charge is -2.33. The number of piperidine rings is 1. The molecule has 1 aliphatic heterocycles. The van der Waals surface area contributed by atoms with Crippen LogP contribution < -0.4 is 10.6 Å². The van der Waals surface area contributed by atoms with Gasteiger partial charge in [0, 0.05) is 24.0 Å². The first kappa shape index (κ1) is 23.6. The number of aromatic nitrogens is 1. The summed E-state index contributed by atoms with van der Waals surface area (Å²) < 4.78 is 0. The largest absolute Gasteiger partial charge is 0.357 e. The summed E-state index contributed by atoms with van der Waals surface area (Å²) in [4.78, 5) is 13.1. The molecule has 150 valence electrons. The van der Waals surface area contributed by atoms with Gasteiger partial charge in [0.2, 0.25) is 0 Å². The van der Waals surface area contributed by atoms with Crippen LogP contribution in [-0.4, -0.2) is 48.1 Å². The van der Waals surface area contributed by atoms with Crippen LogP contribution in [0.15, 0.2) is 4.99 Å². The van der Waals surface area contributed by atoms with Crippen molar-refractivity contribution in [3.05, 3.63) is 15.6 Å². The first-order valence-electron chi connectivity index (χ1n) is 9.79. The highest BCUT2D eigenvalue weighted by Gasteiger charge is 2.16. The third-order valence-corrected chi connectivity index (χ3v) is 5.89. The van der Waals surface area contributed by atoms with E-state index in [0.29, 0.717) is 6.54 Å². The van der Waals surface area contributed by atoms with E-state index in [-0.39, 0.29) is 24.0 Å². The van der Waals surface area contributed by atoms with Crippen LogP contribution in [0.5, 0.6) is 0 Å². The van der Waals surface area contributed by atoms with Crippen molar-refractivity contribution in [1.82, 2.24) is 20.5 Å². The van der Waals surface area contributed by atoms with Gasteiger partial charge in [0.25, 0.3) is 0 Å². The Hall–Kier alpha value is -0.410. The summed E-state index contributed by atoms with van der Waals surface area (Å²) in [6.45, 7) is 13.7. The van der Waals surface area contributed by atoms with Gasteiger partial charge in [-0.3, -0.25) is 0 Å². The number of aryl methyl sites for hydroxylation is 2. The summed E-state index contributed by atoms with van der Waals surface area (Å²) in [5.74, 6) is 0.916. The molecule has 5 nitrogen and oxygen atoms in total. The molecule has 2 N–H and O–H groups in total. The molecule has 0 aliphatic carbocycles. The number of unbranched alkanes of at least 4 members (excludes halogenated alkanes) is 1. The normalized spacial score (nSPS) is 18.5. The molecule has 7 heteroatoms. The molecule has 0 aromatic carbocycles. The van der Waals surface area contributed by atoms with E-state index in [4.69, 9.17) is 4.99 Å². The molecule has 1 unspecified atom stereocenters. The van der Waals surface area contributed by atoms with Crippen molar-refractivity contribution in [2.75, 3.05) is 26.2 Å². The summed E-state index contributed by atoms with van der Waals surface area (Å²) in [5.41, 5.74) is 1.11. The molecule has 2 rings (SSSR count). The average molecular weight is 494 g/mol. The fourth-order valence-electron chi connectivity index (χ4n) is 3.35. The van der Waals surface area contributed by atoms with Gasteiger partial charge in [-0.15, -0.1) is 35.3 Å². The van der Waals surface area contributed by atoms with Gasteiger partial charge in [-0.1, -0.05) is 6.42 Å². The van der Waals surface area contributed by atoms with Crippen molar-refractivity contribution < 1.29 is 0 Å². The smallest absolute Gasteiger partial charge is 0.191 e. The minimum Gasteiger partial charge on any atom is -0.357 e. The lowest BCUT2D eigenvalue weighted by Crippen LogP contribution is -2.39. The van der Waals surface area contributed by atoms with E-state index in [0.717, 1.165) is 35.8 Å². The molecule has 1 aromatic heterocycles. The quantitative estimate of drug-likeness (QED) is 0.248. The Balaban J connectivity index is 0.00000338. The molecule has 1 fully saturated rings. The highest BCUT2D eigenvalue weighted by atomic mass is 127. The fourth-order valence-corrected chi connectivity index (χ4v) is 4.21. The molecule has 0 radical (unpaired) electrons. The maximum atomic E-state index is 4.71. The summed E-state index contributed by atoms with van der Waals surface area (Å²) in [7, 11) is 0. The van der Waals surface area contributed by atoms with Gasteiger partial charge in [0.05, 0.1) is 17.2 Å². The second-order valence-corrected chi connectivity index (χ2v) is 8.24. The molecule has 1 aliphatic rings.